The fourth-order valence-corrected chi connectivity index (χ4v) is 2.02. The minimum absolute atomic E-state index is 0.0557. The zero-order valence-electron chi connectivity index (χ0n) is 13.7. The zero-order chi connectivity index (χ0) is 16.7. The van der Waals surface area contributed by atoms with Crippen molar-refractivity contribution in [2.24, 2.45) is 0 Å². The lowest BCUT2D eigenvalue weighted by Gasteiger charge is -2.22. The number of hydrogen-bond donors (Lipinski definition) is 1. The summed E-state index contributed by atoms with van der Waals surface area (Å²) in [5.41, 5.74) is 1.18. The van der Waals surface area contributed by atoms with E-state index in [0.29, 0.717) is 17.8 Å². The van der Waals surface area contributed by atoms with E-state index in [1.54, 1.807) is 24.3 Å². The van der Waals surface area contributed by atoms with Gasteiger partial charge in [-0.15, -0.1) is 0 Å². The van der Waals surface area contributed by atoms with Crippen LogP contribution < -0.4 is 10.2 Å². The summed E-state index contributed by atoms with van der Waals surface area (Å²) in [4.78, 5) is 36.6. The molecule has 0 fully saturated rings. The monoisotopic (exact) mass is 304 g/mol. The maximum atomic E-state index is 11.8. The van der Waals surface area contributed by atoms with Crippen LogP contribution in [0.1, 0.15) is 50.9 Å². The SMILES string of the molecule is CCC(C)NC(=O)CCN(C(C)=O)c1cccc(C(C)=O)c1. The van der Waals surface area contributed by atoms with E-state index in [1.165, 1.54) is 18.7 Å². The van der Waals surface area contributed by atoms with E-state index in [4.69, 9.17) is 0 Å². The number of hydrogen-bond acceptors (Lipinski definition) is 3. The van der Waals surface area contributed by atoms with Crippen LogP contribution in [0, 0.1) is 0 Å². The summed E-state index contributed by atoms with van der Waals surface area (Å²) in [6.45, 7) is 7.17. The van der Waals surface area contributed by atoms with Gasteiger partial charge in [0.15, 0.2) is 5.78 Å². The van der Waals surface area contributed by atoms with Crippen LogP contribution in [-0.4, -0.2) is 30.2 Å². The highest BCUT2D eigenvalue weighted by atomic mass is 16.2. The van der Waals surface area contributed by atoms with Crippen LogP contribution in [0.3, 0.4) is 0 Å². The Hall–Kier alpha value is -2.17. The second-order valence-corrected chi connectivity index (χ2v) is 5.40. The van der Waals surface area contributed by atoms with Crippen LogP contribution in [0.25, 0.3) is 0 Å². The Morgan fingerprint density at radius 1 is 1.23 bits per heavy atom. The van der Waals surface area contributed by atoms with Crippen molar-refractivity contribution >= 4 is 23.3 Å². The van der Waals surface area contributed by atoms with Crippen molar-refractivity contribution < 1.29 is 14.4 Å². The van der Waals surface area contributed by atoms with Crippen molar-refractivity contribution in [3.8, 4) is 0 Å². The van der Waals surface area contributed by atoms with Crippen molar-refractivity contribution in [3.63, 3.8) is 0 Å². The predicted octanol–water partition coefficient (Wildman–Crippen LogP) is 2.55. The van der Waals surface area contributed by atoms with E-state index in [9.17, 15) is 14.4 Å². The first-order valence-electron chi connectivity index (χ1n) is 7.53. The molecule has 1 aromatic rings. The lowest BCUT2D eigenvalue weighted by atomic mass is 10.1. The molecule has 0 saturated carbocycles. The van der Waals surface area contributed by atoms with E-state index in [2.05, 4.69) is 5.32 Å². The molecule has 0 saturated heterocycles. The van der Waals surface area contributed by atoms with Crippen LogP contribution in [0.2, 0.25) is 0 Å². The molecule has 1 aromatic carbocycles. The van der Waals surface area contributed by atoms with Crippen LogP contribution in [0.15, 0.2) is 24.3 Å². The van der Waals surface area contributed by atoms with Crippen molar-refractivity contribution in [2.75, 3.05) is 11.4 Å². The van der Waals surface area contributed by atoms with E-state index in [0.717, 1.165) is 6.42 Å². The third kappa shape index (κ3) is 5.31. The lowest BCUT2D eigenvalue weighted by Crippen LogP contribution is -2.36. The van der Waals surface area contributed by atoms with Crippen LogP contribution in [0.4, 0.5) is 5.69 Å². The van der Waals surface area contributed by atoms with Crippen LogP contribution >= 0.6 is 0 Å². The Morgan fingerprint density at radius 3 is 2.45 bits per heavy atom. The predicted molar refractivity (Wildman–Crippen MR) is 87.0 cm³/mol. The number of Topliss-reactive ketones (excluding diaryl/α,β-unsaturated/α-hetero) is 1. The Kier molecular flexibility index (Phi) is 6.76. The molecule has 0 aliphatic rings. The first-order valence-corrected chi connectivity index (χ1v) is 7.53. The maximum absolute atomic E-state index is 11.8. The molecule has 1 unspecified atom stereocenters. The molecular weight excluding hydrogens is 280 g/mol. The highest BCUT2D eigenvalue weighted by molar-refractivity contribution is 5.97. The van der Waals surface area contributed by atoms with Gasteiger partial charge in [-0.1, -0.05) is 19.1 Å². The molecule has 0 bridgehead atoms. The highest BCUT2D eigenvalue weighted by Gasteiger charge is 2.15. The Bertz CT molecular complexity index is 555. The summed E-state index contributed by atoms with van der Waals surface area (Å²) in [6.07, 6.45) is 1.09. The van der Waals surface area contributed by atoms with Crippen molar-refractivity contribution in [1.29, 1.82) is 0 Å². The van der Waals surface area contributed by atoms with Crippen molar-refractivity contribution in [1.82, 2.24) is 5.32 Å². The summed E-state index contributed by atoms with van der Waals surface area (Å²) in [5, 5.41) is 2.87. The van der Waals surface area contributed by atoms with Gasteiger partial charge in [0.25, 0.3) is 0 Å². The molecule has 0 spiro atoms. The topological polar surface area (TPSA) is 66.5 Å². The standard InChI is InChI=1S/C17H24N2O3/c1-5-12(2)18-17(22)9-10-19(14(4)21)16-8-6-7-15(11-16)13(3)20/h6-8,11-12H,5,9-10H2,1-4H3,(H,18,22). The molecule has 120 valence electrons. The number of ketones is 1. The number of carbonyl (C=O) groups excluding carboxylic acids is 3. The van der Waals surface area contributed by atoms with E-state index >= 15 is 0 Å². The molecular formula is C17H24N2O3. The molecule has 5 heteroatoms. The molecule has 22 heavy (non-hydrogen) atoms. The molecule has 1 N–H and O–H groups in total. The number of amides is 2. The molecule has 1 rings (SSSR count). The first-order chi connectivity index (χ1) is 10.3. The van der Waals surface area contributed by atoms with Gasteiger partial charge in [-0.2, -0.15) is 0 Å². The van der Waals surface area contributed by atoms with Crippen LogP contribution in [-0.2, 0) is 9.59 Å². The first kappa shape index (κ1) is 17.9. The van der Waals surface area contributed by atoms with Crippen LogP contribution in [0.5, 0.6) is 0 Å². The molecule has 0 aromatic heterocycles. The maximum Gasteiger partial charge on any atom is 0.223 e. The zero-order valence-corrected chi connectivity index (χ0v) is 13.7. The second-order valence-electron chi connectivity index (χ2n) is 5.40. The van der Waals surface area contributed by atoms with Gasteiger partial charge in [-0.3, -0.25) is 14.4 Å². The molecule has 1 atom stereocenters. The number of benzene rings is 1. The van der Waals surface area contributed by atoms with Gasteiger partial charge in [0, 0.05) is 37.2 Å². The fourth-order valence-electron chi connectivity index (χ4n) is 2.02. The molecule has 0 aliphatic heterocycles. The summed E-state index contributed by atoms with van der Waals surface area (Å²) < 4.78 is 0. The Labute approximate surface area is 131 Å². The van der Waals surface area contributed by atoms with Gasteiger partial charge in [-0.05, 0) is 32.4 Å². The van der Waals surface area contributed by atoms with Gasteiger partial charge in [0.05, 0.1) is 0 Å². The quantitative estimate of drug-likeness (QED) is 0.787. The third-order valence-corrected chi connectivity index (χ3v) is 3.53. The summed E-state index contributed by atoms with van der Waals surface area (Å²) >= 11 is 0. The number of carbonyl (C=O) groups is 3. The lowest BCUT2D eigenvalue weighted by molar-refractivity contribution is -0.121. The summed E-state index contributed by atoms with van der Waals surface area (Å²) in [7, 11) is 0. The molecule has 0 heterocycles. The number of anilines is 1. The normalized spacial score (nSPS) is 11.6. The number of nitrogens with one attached hydrogen (secondary N) is 1. The van der Waals surface area contributed by atoms with Gasteiger partial charge in [0.2, 0.25) is 11.8 Å². The van der Waals surface area contributed by atoms with Crippen molar-refractivity contribution in [3.05, 3.63) is 29.8 Å². The number of rotatable bonds is 7. The van der Waals surface area contributed by atoms with Crippen molar-refractivity contribution in [2.45, 2.75) is 46.6 Å². The van der Waals surface area contributed by atoms with E-state index in [-0.39, 0.29) is 30.1 Å². The third-order valence-electron chi connectivity index (χ3n) is 3.53. The largest absolute Gasteiger partial charge is 0.354 e. The van der Waals surface area contributed by atoms with Gasteiger partial charge in [-0.25, -0.2) is 0 Å². The molecule has 2 amide bonds. The average molecular weight is 304 g/mol. The second kappa shape index (κ2) is 8.32. The number of nitrogens with zero attached hydrogens (tertiary/aromatic N) is 1. The van der Waals surface area contributed by atoms with Gasteiger partial charge >= 0.3 is 0 Å². The Morgan fingerprint density at radius 2 is 1.91 bits per heavy atom. The molecule has 5 nitrogen and oxygen atoms in total. The smallest absolute Gasteiger partial charge is 0.223 e. The molecule has 0 radical (unpaired) electrons. The van der Waals surface area contributed by atoms with E-state index < -0.39 is 0 Å². The van der Waals surface area contributed by atoms with Gasteiger partial charge < -0.3 is 10.2 Å². The Balaban J connectivity index is 2.78. The average Bonchev–Trinajstić information content (AvgIpc) is 2.47. The van der Waals surface area contributed by atoms with Gasteiger partial charge in [0.1, 0.15) is 0 Å². The van der Waals surface area contributed by atoms with E-state index in [1.807, 2.05) is 13.8 Å². The minimum Gasteiger partial charge on any atom is -0.354 e. The highest BCUT2D eigenvalue weighted by Crippen LogP contribution is 2.17. The minimum atomic E-state index is -0.156. The summed E-state index contributed by atoms with van der Waals surface area (Å²) in [5.74, 6) is -0.291. The fraction of sp³-hybridized carbons (Fsp3) is 0.471. The summed E-state index contributed by atoms with van der Waals surface area (Å²) in [6, 6.07) is 7.01. The molecule has 0 aliphatic carbocycles.